The first-order valence-electron chi connectivity index (χ1n) is 7.29. The van der Waals surface area contributed by atoms with E-state index in [4.69, 9.17) is 0 Å². The molecule has 1 N–H and O–H groups in total. The summed E-state index contributed by atoms with van der Waals surface area (Å²) in [6, 6.07) is 4.48. The minimum atomic E-state index is -0.457. The van der Waals surface area contributed by atoms with Crippen molar-refractivity contribution >= 4 is 0 Å². The van der Waals surface area contributed by atoms with Crippen LogP contribution >= 0.6 is 0 Å². The van der Waals surface area contributed by atoms with E-state index in [1.165, 1.54) is 47.9 Å². The number of rotatable bonds is 2. The van der Waals surface area contributed by atoms with Crippen molar-refractivity contribution in [3.8, 4) is 0 Å². The summed E-state index contributed by atoms with van der Waals surface area (Å²) in [6.45, 7) is 6.49. The molecule has 100 valence electrons. The van der Waals surface area contributed by atoms with Crippen LogP contribution in [0.5, 0.6) is 0 Å². The Morgan fingerprint density at radius 1 is 0.944 bits per heavy atom. The fourth-order valence-corrected chi connectivity index (χ4v) is 3.38. The van der Waals surface area contributed by atoms with E-state index in [9.17, 15) is 5.11 Å². The lowest BCUT2D eigenvalue weighted by atomic mass is 9.84. The maximum Gasteiger partial charge on any atom is 0.0688 e. The van der Waals surface area contributed by atoms with Gasteiger partial charge in [-0.15, -0.1) is 0 Å². The van der Waals surface area contributed by atoms with Crippen molar-refractivity contribution in [3.05, 3.63) is 34.4 Å². The first-order valence-corrected chi connectivity index (χ1v) is 7.29. The van der Waals surface area contributed by atoms with Gasteiger partial charge in [-0.05, 0) is 50.3 Å². The molecule has 0 bridgehead atoms. The van der Waals surface area contributed by atoms with Crippen LogP contribution in [0.1, 0.15) is 60.8 Å². The van der Waals surface area contributed by atoms with E-state index < -0.39 is 5.60 Å². The molecule has 0 saturated heterocycles. The lowest BCUT2D eigenvalue weighted by Crippen LogP contribution is -2.31. The zero-order valence-corrected chi connectivity index (χ0v) is 12.1. The first-order chi connectivity index (χ1) is 8.50. The number of aliphatic hydroxyl groups is 1. The molecule has 1 fully saturated rings. The van der Waals surface area contributed by atoms with Gasteiger partial charge in [0.15, 0.2) is 0 Å². The molecule has 0 heterocycles. The molecule has 0 amide bonds. The van der Waals surface area contributed by atoms with Crippen molar-refractivity contribution in [1.82, 2.24) is 0 Å². The van der Waals surface area contributed by atoms with Gasteiger partial charge in [0.25, 0.3) is 0 Å². The molecule has 0 unspecified atom stereocenters. The van der Waals surface area contributed by atoms with Crippen LogP contribution in [0.2, 0.25) is 0 Å². The number of aryl methyl sites for hydroxylation is 3. The molecule has 0 radical (unpaired) electrons. The zero-order chi connectivity index (χ0) is 13.2. The summed E-state index contributed by atoms with van der Waals surface area (Å²) >= 11 is 0. The van der Waals surface area contributed by atoms with Gasteiger partial charge in [-0.3, -0.25) is 0 Å². The normalized spacial score (nSPS) is 19.6. The zero-order valence-electron chi connectivity index (χ0n) is 12.1. The molecule has 1 aliphatic carbocycles. The summed E-state index contributed by atoms with van der Waals surface area (Å²) in [5, 5.41) is 10.8. The lowest BCUT2D eigenvalue weighted by molar-refractivity contribution is 0.0249. The van der Waals surface area contributed by atoms with Crippen LogP contribution in [0, 0.1) is 20.8 Å². The van der Waals surface area contributed by atoms with Crippen LogP contribution in [0.25, 0.3) is 0 Å². The fraction of sp³-hybridized carbons (Fsp3) is 0.647. The van der Waals surface area contributed by atoms with Crippen molar-refractivity contribution in [3.63, 3.8) is 0 Å². The van der Waals surface area contributed by atoms with Gasteiger partial charge < -0.3 is 5.11 Å². The van der Waals surface area contributed by atoms with Crippen molar-refractivity contribution in [2.24, 2.45) is 0 Å². The highest BCUT2D eigenvalue weighted by Gasteiger charge is 2.29. The predicted octanol–water partition coefficient (Wildman–Crippen LogP) is 4.24. The third-order valence-corrected chi connectivity index (χ3v) is 4.38. The molecule has 0 atom stereocenters. The molecule has 1 aliphatic rings. The summed E-state index contributed by atoms with van der Waals surface area (Å²) in [4.78, 5) is 0. The number of benzene rings is 1. The predicted molar refractivity (Wildman–Crippen MR) is 77.0 cm³/mol. The Balaban J connectivity index is 2.22. The SMILES string of the molecule is Cc1cc(C)c(CC2(O)CCCCCC2)c(C)c1. The molecule has 0 aromatic heterocycles. The van der Waals surface area contributed by atoms with Crippen LogP contribution in [-0.4, -0.2) is 10.7 Å². The summed E-state index contributed by atoms with van der Waals surface area (Å²) < 4.78 is 0. The van der Waals surface area contributed by atoms with Crippen LogP contribution < -0.4 is 0 Å². The molecule has 0 spiro atoms. The monoisotopic (exact) mass is 246 g/mol. The maximum absolute atomic E-state index is 10.8. The van der Waals surface area contributed by atoms with Gasteiger partial charge in [0.1, 0.15) is 0 Å². The Kier molecular flexibility index (Phi) is 4.11. The summed E-state index contributed by atoms with van der Waals surface area (Å²) in [5.41, 5.74) is 4.91. The molecule has 0 aliphatic heterocycles. The third kappa shape index (κ3) is 3.14. The lowest BCUT2D eigenvalue weighted by Gasteiger charge is -2.28. The first kappa shape index (κ1) is 13.6. The fourth-order valence-electron chi connectivity index (χ4n) is 3.38. The number of hydrogen-bond acceptors (Lipinski definition) is 1. The van der Waals surface area contributed by atoms with Gasteiger partial charge >= 0.3 is 0 Å². The Morgan fingerprint density at radius 2 is 1.44 bits per heavy atom. The van der Waals surface area contributed by atoms with E-state index in [2.05, 4.69) is 32.9 Å². The van der Waals surface area contributed by atoms with Crippen molar-refractivity contribution in [2.75, 3.05) is 0 Å². The highest BCUT2D eigenvalue weighted by Crippen LogP contribution is 2.32. The second-order valence-corrected chi connectivity index (χ2v) is 6.19. The summed E-state index contributed by atoms with van der Waals surface area (Å²) in [7, 11) is 0. The Hall–Kier alpha value is -0.820. The quantitative estimate of drug-likeness (QED) is 0.774. The Labute approximate surface area is 111 Å². The average molecular weight is 246 g/mol. The minimum absolute atomic E-state index is 0.457. The molecule has 1 nitrogen and oxygen atoms in total. The minimum Gasteiger partial charge on any atom is -0.390 e. The van der Waals surface area contributed by atoms with Crippen molar-refractivity contribution in [2.45, 2.75) is 71.3 Å². The van der Waals surface area contributed by atoms with E-state index >= 15 is 0 Å². The molecular weight excluding hydrogens is 220 g/mol. The van der Waals surface area contributed by atoms with Crippen molar-refractivity contribution in [1.29, 1.82) is 0 Å². The second kappa shape index (κ2) is 5.44. The third-order valence-electron chi connectivity index (χ3n) is 4.38. The summed E-state index contributed by atoms with van der Waals surface area (Å²) in [6.07, 6.45) is 7.72. The van der Waals surface area contributed by atoms with Gasteiger partial charge in [0.2, 0.25) is 0 Å². The van der Waals surface area contributed by atoms with Crippen LogP contribution in [-0.2, 0) is 6.42 Å². The van der Waals surface area contributed by atoms with Crippen LogP contribution in [0.15, 0.2) is 12.1 Å². The van der Waals surface area contributed by atoms with Gasteiger partial charge in [-0.2, -0.15) is 0 Å². The summed E-state index contributed by atoms with van der Waals surface area (Å²) in [5.74, 6) is 0. The van der Waals surface area contributed by atoms with Gasteiger partial charge in [-0.25, -0.2) is 0 Å². The van der Waals surface area contributed by atoms with Crippen LogP contribution in [0.4, 0.5) is 0 Å². The molecule has 1 saturated carbocycles. The molecule has 1 aromatic rings. The molecule has 1 heteroatoms. The van der Waals surface area contributed by atoms with Crippen LogP contribution in [0.3, 0.4) is 0 Å². The molecule has 1 aromatic carbocycles. The van der Waals surface area contributed by atoms with E-state index in [1.54, 1.807) is 0 Å². The van der Waals surface area contributed by atoms with E-state index in [0.29, 0.717) is 0 Å². The van der Waals surface area contributed by atoms with Gasteiger partial charge in [0.05, 0.1) is 5.60 Å². The van der Waals surface area contributed by atoms with Gasteiger partial charge in [-0.1, -0.05) is 43.4 Å². The van der Waals surface area contributed by atoms with E-state index in [0.717, 1.165) is 19.3 Å². The Morgan fingerprint density at radius 3 is 1.94 bits per heavy atom. The smallest absolute Gasteiger partial charge is 0.0688 e. The maximum atomic E-state index is 10.8. The number of hydrogen-bond donors (Lipinski definition) is 1. The topological polar surface area (TPSA) is 20.2 Å². The standard InChI is InChI=1S/C17H26O/c1-13-10-14(2)16(15(3)11-13)12-17(18)8-6-4-5-7-9-17/h10-11,18H,4-9,12H2,1-3H3. The van der Waals surface area contributed by atoms with E-state index in [-0.39, 0.29) is 0 Å². The van der Waals surface area contributed by atoms with Crippen molar-refractivity contribution < 1.29 is 5.11 Å². The highest BCUT2D eigenvalue weighted by atomic mass is 16.3. The Bertz CT molecular complexity index is 389. The molecule has 2 rings (SSSR count). The molecule has 18 heavy (non-hydrogen) atoms. The molecular formula is C17H26O. The highest BCUT2D eigenvalue weighted by molar-refractivity contribution is 5.38. The largest absolute Gasteiger partial charge is 0.390 e. The van der Waals surface area contributed by atoms with E-state index in [1.807, 2.05) is 0 Å². The average Bonchev–Trinajstić information content (AvgIpc) is 2.49. The van der Waals surface area contributed by atoms with Gasteiger partial charge in [0, 0.05) is 6.42 Å². The second-order valence-electron chi connectivity index (χ2n) is 6.19.